The van der Waals surface area contributed by atoms with E-state index in [2.05, 4.69) is 60.2 Å². The standard InChI is InChI=1S/C26H28N2O5S3/c1-35-25(36-17-7-16-34)24-18-8-2-4-10-20(18)27(21-11-5-3-9-19(21)24)14-6-15-32-26(31)33-28-22(29)12-13-23(28)30/h2-5,8-11,34H,6-7,12-17H2,1H3. The molecule has 0 unspecified atom stereocenters. The molecule has 7 nitrogen and oxygen atoms in total. The van der Waals surface area contributed by atoms with E-state index in [1.807, 2.05) is 23.9 Å². The van der Waals surface area contributed by atoms with Crippen LogP contribution in [0, 0.1) is 0 Å². The van der Waals surface area contributed by atoms with Crippen molar-refractivity contribution in [2.45, 2.75) is 25.7 Å². The molecule has 0 radical (unpaired) electrons. The Hall–Kier alpha value is -2.56. The second-order valence-electron chi connectivity index (χ2n) is 8.10. The van der Waals surface area contributed by atoms with E-state index in [-0.39, 0.29) is 19.4 Å². The summed E-state index contributed by atoms with van der Waals surface area (Å²) < 4.78 is 6.43. The van der Waals surface area contributed by atoms with E-state index in [9.17, 15) is 14.4 Å². The number of amides is 2. The van der Waals surface area contributed by atoms with Crippen LogP contribution in [0.5, 0.6) is 0 Å². The van der Waals surface area contributed by atoms with Crippen molar-refractivity contribution in [2.75, 3.05) is 35.8 Å². The SMILES string of the molecule is CSC(SCCCS)=C1c2ccccc2N(CCCOC(=O)ON2C(=O)CCC2=O)c2ccccc21. The molecule has 2 aromatic carbocycles. The number of anilines is 2. The van der Waals surface area contributed by atoms with Gasteiger partial charge in [0.15, 0.2) is 0 Å². The molecule has 2 heterocycles. The third-order valence-corrected chi connectivity index (χ3v) is 8.47. The molecular formula is C26H28N2O5S3. The summed E-state index contributed by atoms with van der Waals surface area (Å²) in [5, 5.41) is 0.491. The molecule has 0 atom stereocenters. The van der Waals surface area contributed by atoms with Gasteiger partial charge in [-0.15, -0.1) is 23.5 Å². The first-order valence-corrected chi connectivity index (χ1v) is 14.6. The summed E-state index contributed by atoms with van der Waals surface area (Å²) >= 11 is 8.00. The maximum Gasteiger partial charge on any atom is 0.533 e. The van der Waals surface area contributed by atoms with E-state index >= 15 is 0 Å². The highest BCUT2D eigenvalue weighted by Gasteiger charge is 2.33. The third kappa shape index (κ3) is 5.87. The number of thioether (sulfide) groups is 2. The van der Waals surface area contributed by atoms with Crippen LogP contribution in [0.2, 0.25) is 0 Å². The fourth-order valence-electron chi connectivity index (χ4n) is 4.18. The number of carbonyl (C=O) groups excluding carboxylic acids is 3. The monoisotopic (exact) mass is 544 g/mol. The van der Waals surface area contributed by atoms with Gasteiger partial charge in [-0.1, -0.05) is 41.5 Å². The van der Waals surface area contributed by atoms with Crippen LogP contribution < -0.4 is 4.90 Å². The fourth-order valence-corrected chi connectivity index (χ4v) is 6.53. The summed E-state index contributed by atoms with van der Waals surface area (Å²) in [4.78, 5) is 42.2. The molecule has 4 rings (SSSR count). The van der Waals surface area contributed by atoms with Gasteiger partial charge in [0.1, 0.15) is 0 Å². The van der Waals surface area contributed by atoms with Gasteiger partial charge >= 0.3 is 6.16 Å². The Morgan fingerprint density at radius 2 is 1.58 bits per heavy atom. The molecule has 0 spiro atoms. The van der Waals surface area contributed by atoms with Crippen molar-refractivity contribution < 1.29 is 24.0 Å². The first-order chi connectivity index (χ1) is 17.5. The normalized spacial score (nSPS) is 14.6. The predicted octanol–water partition coefficient (Wildman–Crippen LogP) is 5.88. The number of hydrogen-bond acceptors (Lipinski definition) is 9. The number of imide groups is 1. The van der Waals surface area contributed by atoms with Crippen LogP contribution in [0.3, 0.4) is 0 Å². The number of fused-ring (bicyclic) bond motifs is 2. The number of hydrogen-bond donors (Lipinski definition) is 1. The molecule has 2 aromatic rings. The number of hydroxylamine groups is 2. The summed E-state index contributed by atoms with van der Waals surface area (Å²) in [6.45, 7) is 0.700. The van der Waals surface area contributed by atoms with E-state index in [1.54, 1.807) is 11.8 Å². The van der Waals surface area contributed by atoms with E-state index < -0.39 is 18.0 Å². The van der Waals surface area contributed by atoms with Crippen molar-refractivity contribution in [3.63, 3.8) is 0 Å². The third-order valence-electron chi connectivity index (χ3n) is 5.77. The second-order valence-corrected chi connectivity index (χ2v) is 10.7. The molecule has 2 aliphatic rings. The van der Waals surface area contributed by atoms with Gasteiger partial charge in [-0.25, -0.2) is 4.79 Å². The highest BCUT2D eigenvalue weighted by atomic mass is 32.2. The van der Waals surface area contributed by atoms with Crippen molar-refractivity contribution in [3.05, 3.63) is 63.9 Å². The topological polar surface area (TPSA) is 76.2 Å². The molecule has 1 fully saturated rings. The zero-order valence-electron chi connectivity index (χ0n) is 20.0. The van der Waals surface area contributed by atoms with Crippen molar-refractivity contribution >= 4 is 71.1 Å². The molecular weight excluding hydrogens is 516 g/mol. The molecule has 1 saturated heterocycles. The highest BCUT2D eigenvalue weighted by molar-refractivity contribution is 8.22. The van der Waals surface area contributed by atoms with Crippen molar-refractivity contribution in [2.24, 2.45) is 0 Å². The number of thiol groups is 1. The number of carbonyl (C=O) groups is 3. The van der Waals surface area contributed by atoms with Crippen molar-refractivity contribution in [1.82, 2.24) is 5.06 Å². The second kappa shape index (κ2) is 12.6. The molecule has 0 bridgehead atoms. The van der Waals surface area contributed by atoms with Crippen molar-refractivity contribution in [3.8, 4) is 0 Å². The summed E-state index contributed by atoms with van der Waals surface area (Å²) in [5.74, 6) is 0.816. The molecule has 0 aromatic heterocycles. The minimum Gasteiger partial charge on any atom is -0.433 e. The molecule has 0 N–H and O–H groups in total. The molecule has 190 valence electrons. The van der Waals surface area contributed by atoms with Crippen LogP contribution in [-0.2, 0) is 19.2 Å². The minimum absolute atomic E-state index is 0.0439. The number of benzene rings is 2. The van der Waals surface area contributed by atoms with Crippen LogP contribution >= 0.6 is 36.2 Å². The maximum atomic E-state index is 12.0. The molecule has 2 amide bonds. The fraction of sp³-hybridized carbons (Fsp3) is 0.346. The lowest BCUT2D eigenvalue weighted by Gasteiger charge is -2.35. The van der Waals surface area contributed by atoms with E-state index in [4.69, 9.17) is 9.57 Å². The lowest BCUT2D eigenvalue weighted by molar-refractivity contribution is -0.177. The number of ether oxygens (including phenoxy) is 1. The summed E-state index contributed by atoms with van der Waals surface area (Å²) in [5.41, 5.74) is 5.79. The first-order valence-electron chi connectivity index (χ1n) is 11.7. The van der Waals surface area contributed by atoms with Crippen molar-refractivity contribution in [1.29, 1.82) is 0 Å². The van der Waals surface area contributed by atoms with E-state index in [0.717, 1.165) is 29.3 Å². The van der Waals surface area contributed by atoms with Gasteiger partial charge in [0.2, 0.25) is 0 Å². The molecule has 0 saturated carbocycles. The molecule has 2 aliphatic heterocycles. The summed E-state index contributed by atoms with van der Waals surface area (Å²) in [6, 6.07) is 16.7. The van der Waals surface area contributed by atoms with Crippen LogP contribution in [0.1, 0.15) is 36.8 Å². The van der Waals surface area contributed by atoms with E-state index in [1.165, 1.54) is 20.9 Å². The van der Waals surface area contributed by atoms with Crippen LogP contribution in [0.25, 0.3) is 5.57 Å². The Balaban J connectivity index is 1.49. The van der Waals surface area contributed by atoms with Gasteiger partial charge in [0.05, 0.1) is 6.61 Å². The Kier molecular flexibility index (Phi) is 9.28. The average molecular weight is 545 g/mol. The van der Waals surface area contributed by atoms with Gasteiger partial charge in [0.25, 0.3) is 11.8 Å². The zero-order chi connectivity index (χ0) is 25.5. The molecule has 10 heteroatoms. The number of nitrogens with zero attached hydrogens (tertiary/aromatic N) is 2. The lowest BCUT2D eigenvalue weighted by atomic mass is 9.91. The van der Waals surface area contributed by atoms with Gasteiger partial charge in [-0.3, -0.25) is 14.4 Å². The Morgan fingerprint density at radius 3 is 2.17 bits per heavy atom. The summed E-state index contributed by atoms with van der Waals surface area (Å²) in [6.07, 6.45) is 2.73. The van der Waals surface area contributed by atoms with Gasteiger partial charge in [-0.2, -0.15) is 12.6 Å². The first kappa shape index (κ1) is 26.5. The van der Waals surface area contributed by atoms with Gasteiger partial charge < -0.3 is 9.64 Å². The molecule has 36 heavy (non-hydrogen) atoms. The lowest BCUT2D eigenvalue weighted by Crippen LogP contribution is -2.32. The highest BCUT2D eigenvalue weighted by Crippen LogP contribution is 2.49. The Labute approximate surface area is 224 Å². The number of para-hydroxylation sites is 2. The largest absolute Gasteiger partial charge is 0.533 e. The zero-order valence-corrected chi connectivity index (χ0v) is 22.5. The van der Waals surface area contributed by atoms with Crippen LogP contribution in [0.4, 0.5) is 16.2 Å². The Morgan fingerprint density at radius 1 is 0.972 bits per heavy atom. The summed E-state index contributed by atoms with van der Waals surface area (Å²) in [7, 11) is 0. The molecule has 0 aliphatic carbocycles. The maximum absolute atomic E-state index is 12.0. The smallest absolute Gasteiger partial charge is 0.433 e. The number of rotatable bonds is 10. The quantitative estimate of drug-likeness (QED) is 0.172. The predicted molar refractivity (Wildman–Crippen MR) is 148 cm³/mol. The van der Waals surface area contributed by atoms with Gasteiger partial charge in [-0.05, 0) is 42.7 Å². The average Bonchev–Trinajstić information content (AvgIpc) is 3.21. The minimum atomic E-state index is -1.05. The van der Waals surface area contributed by atoms with Crippen LogP contribution in [0.15, 0.2) is 52.8 Å². The van der Waals surface area contributed by atoms with Gasteiger partial charge in [0, 0.05) is 51.7 Å². The van der Waals surface area contributed by atoms with E-state index in [0.29, 0.717) is 18.0 Å². The Bertz CT molecular complexity index is 1100. The van der Waals surface area contributed by atoms with Crippen LogP contribution in [-0.4, -0.2) is 53.9 Å².